The van der Waals surface area contributed by atoms with Crippen LogP contribution in [0.4, 0.5) is 8.78 Å². The van der Waals surface area contributed by atoms with Gasteiger partial charge in [-0.05, 0) is 6.42 Å². The smallest absolute Gasteiger partial charge is 0.320 e. The van der Waals surface area contributed by atoms with Gasteiger partial charge in [-0.15, -0.1) is 0 Å². The Bertz CT molecular complexity index is 264. The van der Waals surface area contributed by atoms with E-state index in [-0.39, 0.29) is 26.0 Å². The lowest BCUT2D eigenvalue weighted by atomic mass is 10.2. The third-order valence-corrected chi connectivity index (χ3v) is 2.69. The molecule has 0 bridgehead atoms. The minimum atomic E-state index is -2.58. The van der Waals surface area contributed by atoms with Crippen molar-refractivity contribution in [2.75, 3.05) is 32.8 Å². The van der Waals surface area contributed by atoms with Gasteiger partial charge in [0.25, 0.3) is 5.92 Å². The minimum absolute atomic E-state index is 0.100. The molecule has 1 fully saturated rings. The largest absolute Gasteiger partial charge is 0.480 e. The lowest BCUT2D eigenvalue weighted by molar-refractivity contribution is -0.139. The van der Waals surface area contributed by atoms with E-state index in [1.165, 1.54) is 0 Å². The van der Waals surface area contributed by atoms with Crippen molar-refractivity contribution in [1.82, 2.24) is 4.90 Å². The molecule has 1 atom stereocenters. The van der Waals surface area contributed by atoms with Crippen molar-refractivity contribution < 1.29 is 23.4 Å². The molecule has 0 aromatic heterocycles. The predicted octanol–water partition coefficient (Wildman–Crippen LogP) is 0.146. The molecule has 1 aliphatic rings. The van der Waals surface area contributed by atoms with Gasteiger partial charge in [0.1, 0.15) is 6.04 Å². The molecule has 0 aliphatic carbocycles. The van der Waals surface area contributed by atoms with Crippen molar-refractivity contribution in [2.45, 2.75) is 24.8 Å². The number of halogens is 2. The maximum atomic E-state index is 12.8. The van der Waals surface area contributed by atoms with Crippen molar-refractivity contribution in [3.63, 3.8) is 0 Å². The van der Waals surface area contributed by atoms with E-state index in [1.807, 2.05) is 0 Å². The van der Waals surface area contributed by atoms with Crippen LogP contribution < -0.4 is 5.73 Å². The number of hydrogen-bond donors (Lipinski definition) is 2. The third kappa shape index (κ3) is 5.38. The minimum Gasteiger partial charge on any atom is -0.480 e. The zero-order valence-corrected chi connectivity index (χ0v) is 9.57. The topological polar surface area (TPSA) is 75.8 Å². The molecule has 1 heterocycles. The monoisotopic (exact) mass is 252 g/mol. The number of alkyl halides is 2. The Labute approximate surface area is 98.5 Å². The summed E-state index contributed by atoms with van der Waals surface area (Å²) in [5.74, 6) is -3.64. The van der Waals surface area contributed by atoms with Crippen molar-refractivity contribution in [1.29, 1.82) is 0 Å². The summed E-state index contributed by atoms with van der Waals surface area (Å²) in [6, 6.07) is -0.925. The molecule has 0 radical (unpaired) electrons. The SMILES string of the molecule is N[C@@H](CCOCCN1CCC(F)(F)C1)C(=O)O. The predicted molar refractivity (Wildman–Crippen MR) is 57.1 cm³/mol. The molecule has 7 heteroatoms. The number of rotatable bonds is 7. The fourth-order valence-electron chi connectivity index (χ4n) is 1.63. The summed E-state index contributed by atoms with van der Waals surface area (Å²) >= 11 is 0. The number of hydrogen-bond acceptors (Lipinski definition) is 4. The highest BCUT2D eigenvalue weighted by Crippen LogP contribution is 2.26. The Hall–Kier alpha value is -0.790. The summed E-state index contributed by atoms with van der Waals surface area (Å²) < 4.78 is 30.8. The first-order valence-corrected chi connectivity index (χ1v) is 5.57. The summed E-state index contributed by atoms with van der Waals surface area (Å²) in [4.78, 5) is 12.0. The Morgan fingerprint density at radius 1 is 1.53 bits per heavy atom. The fourth-order valence-corrected chi connectivity index (χ4v) is 1.63. The maximum Gasteiger partial charge on any atom is 0.320 e. The summed E-state index contributed by atoms with van der Waals surface area (Å²) in [6.07, 6.45) is 0.127. The maximum absolute atomic E-state index is 12.8. The number of aliphatic carboxylic acids is 1. The molecule has 0 aromatic rings. The molecule has 5 nitrogen and oxygen atoms in total. The van der Waals surface area contributed by atoms with Crippen LogP contribution in [-0.2, 0) is 9.53 Å². The Morgan fingerprint density at radius 3 is 2.76 bits per heavy atom. The molecule has 3 N–H and O–H groups in total. The second kappa shape index (κ2) is 6.23. The van der Waals surface area contributed by atoms with Crippen LogP contribution in [0.2, 0.25) is 0 Å². The number of carboxylic acids is 1. The molecule has 0 spiro atoms. The van der Waals surface area contributed by atoms with Crippen LogP contribution in [0.25, 0.3) is 0 Å². The lowest BCUT2D eigenvalue weighted by Crippen LogP contribution is -2.32. The van der Waals surface area contributed by atoms with Crippen LogP contribution in [0.15, 0.2) is 0 Å². The molecule has 1 aliphatic heterocycles. The highest BCUT2D eigenvalue weighted by Gasteiger charge is 2.37. The average Bonchev–Trinajstić information content (AvgIpc) is 2.57. The molecule has 1 saturated heterocycles. The Kier molecular flexibility index (Phi) is 5.23. The van der Waals surface area contributed by atoms with Crippen LogP contribution in [0.1, 0.15) is 12.8 Å². The van der Waals surface area contributed by atoms with Crippen LogP contribution in [0.5, 0.6) is 0 Å². The number of nitrogens with two attached hydrogens (primary N) is 1. The van der Waals surface area contributed by atoms with Crippen molar-refractivity contribution in [2.24, 2.45) is 5.73 Å². The highest BCUT2D eigenvalue weighted by molar-refractivity contribution is 5.72. The Balaban J connectivity index is 2.00. The van der Waals surface area contributed by atoms with E-state index >= 15 is 0 Å². The first kappa shape index (κ1) is 14.3. The van der Waals surface area contributed by atoms with Crippen LogP contribution in [0, 0.1) is 0 Å². The second-order valence-electron chi connectivity index (χ2n) is 4.23. The Morgan fingerprint density at radius 2 is 2.24 bits per heavy atom. The van der Waals surface area contributed by atoms with Gasteiger partial charge in [-0.1, -0.05) is 0 Å². The first-order valence-electron chi connectivity index (χ1n) is 5.57. The third-order valence-electron chi connectivity index (χ3n) is 2.69. The molecule has 1 rings (SSSR count). The van der Waals surface area contributed by atoms with Gasteiger partial charge >= 0.3 is 5.97 Å². The van der Waals surface area contributed by atoms with Gasteiger partial charge in [0.15, 0.2) is 0 Å². The van der Waals surface area contributed by atoms with E-state index in [1.54, 1.807) is 4.90 Å². The van der Waals surface area contributed by atoms with Gasteiger partial charge in [-0.3, -0.25) is 9.69 Å². The second-order valence-corrected chi connectivity index (χ2v) is 4.23. The zero-order valence-electron chi connectivity index (χ0n) is 9.57. The first-order chi connectivity index (χ1) is 7.91. The quantitative estimate of drug-likeness (QED) is 0.631. The fraction of sp³-hybridized carbons (Fsp3) is 0.900. The molecule has 100 valence electrons. The lowest BCUT2D eigenvalue weighted by Gasteiger charge is -2.15. The highest BCUT2D eigenvalue weighted by atomic mass is 19.3. The molecule has 0 aromatic carbocycles. The molecule has 0 saturated carbocycles. The van der Waals surface area contributed by atoms with Crippen molar-refractivity contribution in [3.8, 4) is 0 Å². The molecular weight excluding hydrogens is 234 g/mol. The van der Waals surface area contributed by atoms with Crippen LogP contribution in [-0.4, -0.2) is 60.8 Å². The number of carbonyl (C=O) groups is 1. The van der Waals surface area contributed by atoms with E-state index in [4.69, 9.17) is 15.6 Å². The summed E-state index contributed by atoms with van der Waals surface area (Å²) in [5.41, 5.74) is 5.27. The van der Waals surface area contributed by atoms with E-state index in [0.29, 0.717) is 19.7 Å². The summed E-state index contributed by atoms with van der Waals surface area (Å²) in [5, 5.41) is 8.50. The zero-order chi connectivity index (χ0) is 12.9. The van der Waals surface area contributed by atoms with Crippen LogP contribution >= 0.6 is 0 Å². The van der Waals surface area contributed by atoms with Gasteiger partial charge in [0, 0.05) is 26.1 Å². The number of ether oxygens (including phenoxy) is 1. The van der Waals surface area contributed by atoms with Gasteiger partial charge in [0.05, 0.1) is 13.2 Å². The van der Waals surface area contributed by atoms with E-state index in [2.05, 4.69) is 0 Å². The van der Waals surface area contributed by atoms with Gasteiger partial charge < -0.3 is 15.6 Å². The number of nitrogens with zero attached hydrogens (tertiary/aromatic N) is 1. The van der Waals surface area contributed by atoms with Gasteiger partial charge in [-0.25, -0.2) is 8.78 Å². The summed E-state index contributed by atoms with van der Waals surface area (Å²) in [6.45, 7) is 1.16. The van der Waals surface area contributed by atoms with E-state index in [9.17, 15) is 13.6 Å². The normalized spacial score (nSPS) is 21.6. The molecule has 0 unspecified atom stereocenters. The van der Waals surface area contributed by atoms with Gasteiger partial charge in [-0.2, -0.15) is 0 Å². The molecule has 0 amide bonds. The van der Waals surface area contributed by atoms with Gasteiger partial charge in [0.2, 0.25) is 0 Å². The molecular formula is C10H18F2N2O3. The van der Waals surface area contributed by atoms with Crippen LogP contribution in [0.3, 0.4) is 0 Å². The summed E-state index contributed by atoms with van der Waals surface area (Å²) in [7, 11) is 0. The average molecular weight is 252 g/mol. The number of likely N-dealkylation sites (tertiary alicyclic amines) is 1. The van der Waals surface area contributed by atoms with E-state index in [0.717, 1.165) is 0 Å². The van der Waals surface area contributed by atoms with Crippen molar-refractivity contribution >= 4 is 5.97 Å². The standard InChI is InChI=1S/C10H18F2N2O3/c11-10(12)2-3-14(7-10)4-6-17-5-1-8(13)9(15)16/h8H,1-7,13H2,(H,15,16)/t8-/m0/s1. The molecule has 17 heavy (non-hydrogen) atoms. The van der Waals surface area contributed by atoms with Crippen molar-refractivity contribution in [3.05, 3.63) is 0 Å². The number of carboxylic acid groups (broad SMARTS) is 1. The van der Waals surface area contributed by atoms with E-state index < -0.39 is 17.9 Å².